The molecule has 0 aliphatic carbocycles. The molecule has 1 atom stereocenters. The van der Waals surface area contributed by atoms with Gasteiger partial charge in [-0.3, -0.25) is 20.4 Å². The molecule has 0 heterocycles. The van der Waals surface area contributed by atoms with E-state index < -0.39 is 12.0 Å². The zero-order chi connectivity index (χ0) is 14.3. The van der Waals surface area contributed by atoms with Gasteiger partial charge in [0.05, 0.1) is 5.69 Å². The lowest BCUT2D eigenvalue weighted by atomic mass is 10.1. The summed E-state index contributed by atoms with van der Waals surface area (Å²) in [7, 11) is 0. The van der Waals surface area contributed by atoms with E-state index >= 15 is 0 Å². The summed E-state index contributed by atoms with van der Waals surface area (Å²) in [5.41, 5.74) is 12.6. The maximum Gasteiger partial charge on any atom is 0.320 e. The highest BCUT2D eigenvalue weighted by atomic mass is 16.4. The Kier molecular flexibility index (Phi) is 5.81. The van der Waals surface area contributed by atoms with Crippen molar-refractivity contribution in [3.63, 3.8) is 0 Å². The first-order valence-electron chi connectivity index (χ1n) is 6.15. The average Bonchev–Trinajstić information content (AvgIpc) is 2.42. The minimum absolute atomic E-state index is 0.0642. The van der Waals surface area contributed by atoms with Gasteiger partial charge in [0.15, 0.2) is 0 Å². The van der Waals surface area contributed by atoms with Gasteiger partial charge in [0.1, 0.15) is 6.04 Å². The van der Waals surface area contributed by atoms with Crippen LogP contribution in [0.5, 0.6) is 0 Å². The average molecular weight is 265 g/mol. The molecular weight excluding hydrogens is 246 g/mol. The van der Waals surface area contributed by atoms with Crippen molar-refractivity contribution in [1.29, 1.82) is 0 Å². The van der Waals surface area contributed by atoms with Crippen molar-refractivity contribution in [3.8, 4) is 0 Å². The molecule has 0 spiro atoms. The van der Waals surface area contributed by atoms with Crippen molar-refractivity contribution in [2.24, 2.45) is 5.73 Å². The van der Waals surface area contributed by atoms with Gasteiger partial charge >= 0.3 is 5.97 Å². The van der Waals surface area contributed by atoms with Gasteiger partial charge in [-0.15, -0.1) is 0 Å². The molecule has 0 unspecified atom stereocenters. The summed E-state index contributed by atoms with van der Waals surface area (Å²) >= 11 is 0. The number of carbonyl (C=O) groups is 2. The lowest BCUT2D eigenvalue weighted by Crippen LogP contribution is -2.34. The normalized spacial score (nSPS) is 11.7. The van der Waals surface area contributed by atoms with Crippen LogP contribution >= 0.6 is 0 Å². The number of carbonyl (C=O) groups excluding carboxylic acids is 1. The summed E-state index contributed by atoms with van der Waals surface area (Å²) in [6.07, 6.45) is 1.02. The molecule has 0 aliphatic rings. The number of benzene rings is 1. The molecule has 19 heavy (non-hydrogen) atoms. The second-order valence-corrected chi connectivity index (χ2v) is 4.17. The summed E-state index contributed by atoms with van der Waals surface area (Å²) in [4.78, 5) is 22.0. The topological polar surface area (TPSA) is 104 Å². The zero-order valence-corrected chi connectivity index (χ0v) is 10.8. The van der Waals surface area contributed by atoms with Gasteiger partial charge in [-0.05, 0) is 24.5 Å². The standard InChI is InChI=1S/C13H19N3O3/c1-2-9-5-3-4-6-11(9)15-16-12(17)8-7-10(14)13(18)19/h3-6,10,15H,2,7-8,14H2,1H3,(H,16,17)(H,18,19)/t10-/m0/s1. The molecule has 0 bridgehead atoms. The first kappa shape index (κ1) is 15.0. The van der Waals surface area contributed by atoms with Crippen molar-refractivity contribution < 1.29 is 14.7 Å². The number of aryl methyl sites for hydroxylation is 1. The zero-order valence-electron chi connectivity index (χ0n) is 10.8. The molecule has 104 valence electrons. The largest absolute Gasteiger partial charge is 0.480 e. The smallest absolute Gasteiger partial charge is 0.320 e. The maximum absolute atomic E-state index is 11.5. The highest BCUT2D eigenvalue weighted by molar-refractivity contribution is 5.79. The molecule has 1 aromatic rings. The van der Waals surface area contributed by atoms with E-state index in [1.54, 1.807) is 0 Å². The SMILES string of the molecule is CCc1ccccc1NNC(=O)CC[C@H](N)C(=O)O. The third kappa shape index (κ3) is 4.97. The fourth-order valence-corrected chi connectivity index (χ4v) is 1.56. The van der Waals surface area contributed by atoms with Crippen LogP contribution in [0.4, 0.5) is 5.69 Å². The van der Waals surface area contributed by atoms with Crippen LogP contribution in [0.3, 0.4) is 0 Å². The monoisotopic (exact) mass is 265 g/mol. The number of nitrogens with two attached hydrogens (primary N) is 1. The number of nitrogens with one attached hydrogen (secondary N) is 2. The van der Waals surface area contributed by atoms with Crippen LogP contribution in [0.15, 0.2) is 24.3 Å². The summed E-state index contributed by atoms with van der Waals surface area (Å²) in [6, 6.07) is 6.62. The first-order chi connectivity index (χ1) is 9.04. The van der Waals surface area contributed by atoms with E-state index in [9.17, 15) is 9.59 Å². The van der Waals surface area contributed by atoms with Crippen molar-refractivity contribution in [1.82, 2.24) is 5.43 Å². The third-order valence-corrected chi connectivity index (χ3v) is 2.73. The molecule has 1 amide bonds. The Hall–Kier alpha value is -2.08. The van der Waals surface area contributed by atoms with Crippen molar-refractivity contribution in [2.45, 2.75) is 32.2 Å². The number of hydrazine groups is 1. The summed E-state index contributed by atoms with van der Waals surface area (Å²) in [5, 5.41) is 8.60. The molecule has 0 aromatic heterocycles. The van der Waals surface area contributed by atoms with Gasteiger partial charge in [0, 0.05) is 6.42 Å². The Labute approximate surface area is 112 Å². The quantitative estimate of drug-likeness (QED) is 0.548. The number of aliphatic carboxylic acids is 1. The molecule has 0 aliphatic heterocycles. The number of anilines is 1. The lowest BCUT2D eigenvalue weighted by Gasteiger charge is -2.12. The molecule has 0 saturated heterocycles. The van der Waals surface area contributed by atoms with Crippen LogP contribution < -0.4 is 16.6 Å². The van der Waals surface area contributed by atoms with Gasteiger partial charge in [-0.1, -0.05) is 25.1 Å². The molecule has 0 radical (unpaired) electrons. The predicted octanol–water partition coefficient (Wildman–Crippen LogP) is 0.884. The van der Waals surface area contributed by atoms with Crippen LogP contribution in [0, 0.1) is 0 Å². The summed E-state index contributed by atoms with van der Waals surface area (Å²) in [5.74, 6) is -1.39. The van der Waals surface area contributed by atoms with Gasteiger partial charge in [0.25, 0.3) is 0 Å². The second-order valence-electron chi connectivity index (χ2n) is 4.17. The number of rotatable bonds is 7. The highest BCUT2D eigenvalue weighted by Gasteiger charge is 2.13. The molecule has 0 fully saturated rings. The van der Waals surface area contributed by atoms with Gasteiger partial charge in [-0.2, -0.15) is 0 Å². The Morgan fingerprint density at radius 2 is 2.05 bits per heavy atom. The fraction of sp³-hybridized carbons (Fsp3) is 0.385. The van der Waals surface area contributed by atoms with E-state index in [1.807, 2.05) is 31.2 Å². The highest BCUT2D eigenvalue weighted by Crippen LogP contribution is 2.14. The Balaban J connectivity index is 2.40. The number of carboxylic acid groups (broad SMARTS) is 1. The lowest BCUT2D eigenvalue weighted by molar-refractivity contribution is -0.138. The van der Waals surface area contributed by atoms with E-state index in [4.69, 9.17) is 10.8 Å². The number of carboxylic acids is 1. The van der Waals surface area contributed by atoms with Crippen LogP contribution in [-0.4, -0.2) is 23.0 Å². The van der Waals surface area contributed by atoms with E-state index in [-0.39, 0.29) is 18.7 Å². The molecule has 1 rings (SSSR count). The van der Waals surface area contributed by atoms with E-state index in [0.717, 1.165) is 17.7 Å². The minimum atomic E-state index is -1.10. The summed E-state index contributed by atoms with van der Waals surface area (Å²) in [6.45, 7) is 2.02. The van der Waals surface area contributed by atoms with E-state index in [1.165, 1.54) is 0 Å². The van der Waals surface area contributed by atoms with Crippen molar-refractivity contribution in [2.75, 3.05) is 5.43 Å². The minimum Gasteiger partial charge on any atom is -0.480 e. The fourth-order valence-electron chi connectivity index (χ4n) is 1.56. The molecule has 5 N–H and O–H groups in total. The van der Waals surface area contributed by atoms with E-state index in [2.05, 4.69) is 10.9 Å². The number of amides is 1. The molecule has 1 aromatic carbocycles. The molecule has 6 nitrogen and oxygen atoms in total. The molecular formula is C13H19N3O3. The van der Waals surface area contributed by atoms with Crippen LogP contribution in [0.25, 0.3) is 0 Å². The van der Waals surface area contributed by atoms with Crippen molar-refractivity contribution >= 4 is 17.6 Å². The van der Waals surface area contributed by atoms with Crippen LogP contribution in [0.2, 0.25) is 0 Å². The van der Waals surface area contributed by atoms with Gasteiger partial charge < -0.3 is 10.8 Å². The van der Waals surface area contributed by atoms with Crippen molar-refractivity contribution in [3.05, 3.63) is 29.8 Å². The summed E-state index contributed by atoms with van der Waals surface area (Å²) < 4.78 is 0. The van der Waals surface area contributed by atoms with E-state index in [0.29, 0.717) is 0 Å². The number of hydrogen-bond donors (Lipinski definition) is 4. The van der Waals surface area contributed by atoms with Crippen LogP contribution in [-0.2, 0) is 16.0 Å². The first-order valence-corrected chi connectivity index (χ1v) is 6.15. The molecule has 6 heteroatoms. The maximum atomic E-state index is 11.5. The molecule has 0 saturated carbocycles. The predicted molar refractivity (Wildman–Crippen MR) is 72.4 cm³/mol. The Morgan fingerprint density at radius 3 is 2.68 bits per heavy atom. The van der Waals surface area contributed by atoms with Gasteiger partial charge in [-0.25, -0.2) is 0 Å². The van der Waals surface area contributed by atoms with Crippen LogP contribution in [0.1, 0.15) is 25.3 Å². The van der Waals surface area contributed by atoms with Gasteiger partial charge in [0.2, 0.25) is 5.91 Å². The number of para-hydroxylation sites is 1. The second kappa shape index (κ2) is 7.38. The number of hydrogen-bond acceptors (Lipinski definition) is 4. The Bertz CT molecular complexity index is 449. The third-order valence-electron chi connectivity index (χ3n) is 2.73. The Morgan fingerprint density at radius 1 is 1.37 bits per heavy atom.